The molecule has 0 aliphatic rings. The number of rotatable bonds is 2. The third-order valence-electron chi connectivity index (χ3n) is 1.85. The number of amides is 1. The first-order valence-corrected chi connectivity index (χ1v) is 4.71. The van der Waals surface area contributed by atoms with Crippen LogP contribution < -0.4 is 5.32 Å². The van der Waals surface area contributed by atoms with E-state index in [4.69, 9.17) is 16.7 Å². The molecular weight excluding hydrogens is 232 g/mol. The summed E-state index contributed by atoms with van der Waals surface area (Å²) in [6.07, 6.45) is 0. The Hall–Kier alpha value is -2.08. The maximum Gasteiger partial charge on any atom is 0.279 e. The average molecular weight is 239 g/mol. The van der Waals surface area contributed by atoms with Crippen LogP contribution in [0.2, 0.25) is 5.15 Å². The molecule has 6 nitrogen and oxygen atoms in total. The van der Waals surface area contributed by atoms with Gasteiger partial charge in [-0.1, -0.05) is 11.6 Å². The van der Waals surface area contributed by atoms with Crippen molar-refractivity contribution in [2.24, 2.45) is 0 Å². The molecule has 3 N–H and O–H groups in total. The molecule has 0 bridgehead atoms. The second kappa shape index (κ2) is 4.19. The highest BCUT2D eigenvalue weighted by atomic mass is 35.5. The van der Waals surface area contributed by atoms with Gasteiger partial charge in [-0.05, 0) is 24.3 Å². The number of halogens is 1. The van der Waals surface area contributed by atoms with Crippen LogP contribution in [0.4, 0.5) is 5.69 Å². The van der Waals surface area contributed by atoms with Crippen LogP contribution in [0.15, 0.2) is 24.3 Å². The van der Waals surface area contributed by atoms with E-state index in [2.05, 4.69) is 20.7 Å². The molecule has 2 aromatic rings. The Morgan fingerprint density at radius 3 is 2.56 bits per heavy atom. The van der Waals surface area contributed by atoms with Gasteiger partial charge in [0.1, 0.15) is 5.75 Å². The molecule has 2 rings (SSSR count). The summed E-state index contributed by atoms with van der Waals surface area (Å²) in [6.45, 7) is 0. The van der Waals surface area contributed by atoms with Crippen molar-refractivity contribution in [1.82, 2.24) is 15.4 Å². The minimum absolute atomic E-state index is 0.0104. The predicted octanol–water partition coefficient (Wildman–Crippen LogP) is 1.42. The molecule has 16 heavy (non-hydrogen) atoms. The van der Waals surface area contributed by atoms with E-state index < -0.39 is 5.91 Å². The van der Waals surface area contributed by atoms with Crippen molar-refractivity contribution in [2.45, 2.75) is 0 Å². The number of nitrogens with one attached hydrogen (secondary N) is 2. The van der Waals surface area contributed by atoms with Crippen molar-refractivity contribution in [3.8, 4) is 5.75 Å². The number of hydrogen-bond donors (Lipinski definition) is 3. The smallest absolute Gasteiger partial charge is 0.279 e. The third-order valence-corrected chi connectivity index (χ3v) is 2.11. The van der Waals surface area contributed by atoms with Gasteiger partial charge in [0, 0.05) is 5.69 Å². The lowest BCUT2D eigenvalue weighted by Gasteiger charge is -2.02. The standard InChI is InChI=1S/C9H7ClN4O2/c10-8-7(12-14-13-8)9(16)11-5-1-3-6(15)4-2-5/h1-4,15H,(H,11,16)(H,12,13,14). The van der Waals surface area contributed by atoms with Gasteiger partial charge in [0.25, 0.3) is 5.91 Å². The first kappa shape index (κ1) is 10.4. The van der Waals surface area contributed by atoms with E-state index in [9.17, 15) is 4.79 Å². The number of aromatic hydroxyl groups is 1. The maximum atomic E-state index is 11.6. The number of phenolic OH excluding ortho intramolecular Hbond substituents is 1. The van der Waals surface area contributed by atoms with Gasteiger partial charge in [-0.3, -0.25) is 4.79 Å². The summed E-state index contributed by atoms with van der Waals surface area (Å²) in [5.41, 5.74) is 0.552. The van der Waals surface area contributed by atoms with Crippen LogP contribution in [0.25, 0.3) is 0 Å². The molecule has 82 valence electrons. The van der Waals surface area contributed by atoms with E-state index in [0.717, 1.165) is 0 Å². The summed E-state index contributed by atoms with van der Waals surface area (Å²) in [5.74, 6) is -0.345. The van der Waals surface area contributed by atoms with E-state index in [1.54, 1.807) is 12.1 Å². The van der Waals surface area contributed by atoms with Gasteiger partial charge in [0.15, 0.2) is 10.8 Å². The van der Waals surface area contributed by atoms with Crippen LogP contribution in [0.1, 0.15) is 10.5 Å². The van der Waals surface area contributed by atoms with Gasteiger partial charge >= 0.3 is 0 Å². The molecule has 0 saturated heterocycles. The Balaban J connectivity index is 2.14. The number of hydrogen-bond acceptors (Lipinski definition) is 4. The molecule has 0 spiro atoms. The van der Waals surface area contributed by atoms with Gasteiger partial charge in [-0.25, -0.2) is 0 Å². The fraction of sp³-hybridized carbons (Fsp3) is 0. The Morgan fingerprint density at radius 1 is 1.31 bits per heavy atom. The summed E-state index contributed by atoms with van der Waals surface area (Å²) >= 11 is 5.62. The summed E-state index contributed by atoms with van der Waals surface area (Å²) in [5, 5.41) is 21.0. The van der Waals surface area contributed by atoms with E-state index in [-0.39, 0.29) is 16.6 Å². The molecule has 0 saturated carbocycles. The SMILES string of the molecule is O=C(Nc1ccc(O)cc1)c1n[nH]nc1Cl. The van der Waals surface area contributed by atoms with Crippen molar-refractivity contribution in [3.63, 3.8) is 0 Å². The molecule has 1 aromatic heterocycles. The number of aromatic nitrogens is 3. The fourth-order valence-corrected chi connectivity index (χ4v) is 1.26. The molecule has 1 heterocycles. The van der Waals surface area contributed by atoms with E-state index in [1.165, 1.54) is 12.1 Å². The van der Waals surface area contributed by atoms with Gasteiger partial charge < -0.3 is 10.4 Å². The second-order valence-corrected chi connectivity index (χ2v) is 3.32. The molecule has 0 unspecified atom stereocenters. The Labute approximate surface area is 95.2 Å². The van der Waals surface area contributed by atoms with Crippen LogP contribution in [0.3, 0.4) is 0 Å². The lowest BCUT2D eigenvalue weighted by Crippen LogP contribution is -2.12. The van der Waals surface area contributed by atoms with Crippen molar-refractivity contribution >= 4 is 23.2 Å². The van der Waals surface area contributed by atoms with Crippen molar-refractivity contribution < 1.29 is 9.90 Å². The minimum Gasteiger partial charge on any atom is -0.508 e. The lowest BCUT2D eigenvalue weighted by molar-refractivity contribution is 0.102. The highest BCUT2D eigenvalue weighted by Crippen LogP contribution is 2.15. The van der Waals surface area contributed by atoms with Crippen LogP contribution >= 0.6 is 11.6 Å². The monoisotopic (exact) mass is 238 g/mol. The number of benzene rings is 1. The van der Waals surface area contributed by atoms with Gasteiger partial charge in [-0.15, -0.1) is 10.2 Å². The molecule has 1 amide bonds. The summed E-state index contributed by atoms with van der Waals surface area (Å²) in [7, 11) is 0. The van der Waals surface area contributed by atoms with Crippen LogP contribution in [0, 0.1) is 0 Å². The zero-order valence-corrected chi connectivity index (χ0v) is 8.69. The summed E-state index contributed by atoms with van der Waals surface area (Å²) in [6, 6.07) is 6.03. The Kier molecular flexibility index (Phi) is 2.74. The summed E-state index contributed by atoms with van der Waals surface area (Å²) in [4.78, 5) is 11.6. The zero-order chi connectivity index (χ0) is 11.5. The van der Waals surface area contributed by atoms with Crippen molar-refractivity contribution in [1.29, 1.82) is 0 Å². The van der Waals surface area contributed by atoms with E-state index >= 15 is 0 Å². The van der Waals surface area contributed by atoms with Gasteiger partial charge in [-0.2, -0.15) is 5.21 Å². The van der Waals surface area contributed by atoms with Crippen molar-refractivity contribution in [2.75, 3.05) is 5.32 Å². The molecule has 0 atom stereocenters. The summed E-state index contributed by atoms with van der Waals surface area (Å²) < 4.78 is 0. The number of nitrogens with zero attached hydrogens (tertiary/aromatic N) is 2. The van der Waals surface area contributed by atoms with Crippen LogP contribution in [-0.2, 0) is 0 Å². The molecule has 0 aliphatic heterocycles. The molecule has 0 radical (unpaired) electrons. The highest BCUT2D eigenvalue weighted by molar-refractivity contribution is 6.32. The number of anilines is 1. The highest BCUT2D eigenvalue weighted by Gasteiger charge is 2.14. The Morgan fingerprint density at radius 2 is 2.00 bits per heavy atom. The number of carbonyl (C=O) groups is 1. The maximum absolute atomic E-state index is 11.6. The minimum atomic E-state index is -0.468. The molecule has 1 aromatic carbocycles. The quantitative estimate of drug-likeness (QED) is 0.690. The van der Waals surface area contributed by atoms with Crippen molar-refractivity contribution in [3.05, 3.63) is 35.1 Å². The van der Waals surface area contributed by atoms with E-state index in [0.29, 0.717) is 5.69 Å². The lowest BCUT2D eigenvalue weighted by atomic mass is 10.3. The third kappa shape index (κ3) is 2.12. The normalized spacial score (nSPS) is 10.1. The number of phenols is 1. The topological polar surface area (TPSA) is 90.9 Å². The predicted molar refractivity (Wildman–Crippen MR) is 57.5 cm³/mol. The molecule has 7 heteroatoms. The first-order valence-electron chi connectivity index (χ1n) is 4.33. The average Bonchev–Trinajstić information content (AvgIpc) is 2.68. The van der Waals surface area contributed by atoms with Crippen LogP contribution in [0.5, 0.6) is 5.75 Å². The molecule has 0 fully saturated rings. The van der Waals surface area contributed by atoms with E-state index in [1.807, 2.05) is 0 Å². The number of carbonyl (C=O) groups excluding carboxylic acids is 1. The number of aromatic amines is 1. The molecular formula is C9H7ClN4O2. The first-order chi connectivity index (χ1) is 7.66. The second-order valence-electron chi connectivity index (χ2n) is 2.96. The number of H-pyrrole nitrogens is 1. The van der Waals surface area contributed by atoms with Gasteiger partial charge in [0.2, 0.25) is 0 Å². The largest absolute Gasteiger partial charge is 0.508 e. The van der Waals surface area contributed by atoms with Crippen LogP contribution in [-0.4, -0.2) is 26.4 Å². The fourth-order valence-electron chi connectivity index (χ4n) is 1.10. The van der Waals surface area contributed by atoms with Gasteiger partial charge in [0.05, 0.1) is 0 Å². The molecule has 0 aliphatic carbocycles. The zero-order valence-electron chi connectivity index (χ0n) is 7.94. The Bertz CT molecular complexity index is 508.